The van der Waals surface area contributed by atoms with Gasteiger partial charge in [0.2, 0.25) is 0 Å². The Morgan fingerprint density at radius 2 is 2.12 bits per heavy atom. The molecule has 6 heteroatoms. The summed E-state index contributed by atoms with van der Waals surface area (Å²) in [6.45, 7) is 5.90. The predicted molar refractivity (Wildman–Crippen MR) is 99.3 cm³/mol. The Labute approximate surface area is 148 Å². The highest BCUT2D eigenvalue weighted by molar-refractivity contribution is 5.82. The van der Waals surface area contributed by atoms with Gasteiger partial charge in [0.15, 0.2) is 11.5 Å². The van der Waals surface area contributed by atoms with Gasteiger partial charge in [0.25, 0.3) is 0 Å². The van der Waals surface area contributed by atoms with Crippen molar-refractivity contribution in [3.63, 3.8) is 0 Å². The molecule has 2 heterocycles. The summed E-state index contributed by atoms with van der Waals surface area (Å²) in [4.78, 5) is 13.2. The summed E-state index contributed by atoms with van der Waals surface area (Å²) in [6, 6.07) is 8.40. The van der Waals surface area contributed by atoms with Gasteiger partial charge >= 0.3 is 0 Å². The van der Waals surface area contributed by atoms with Gasteiger partial charge in [-0.15, -0.1) is 0 Å². The van der Waals surface area contributed by atoms with Crippen LogP contribution in [0.2, 0.25) is 0 Å². The number of aryl methyl sites for hydroxylation is 2. The Morgan fingerprint density at radius 1 is 1.24 bits per heavy atom. The first-order valence-electron chi connectivity index (χ1n) is 8.77. The molecule has 3 rings (SSSR count). The molecule has 0 aliphatic heterocycles. The Bertz CT molecular complexity index is 826. The first-order valence-corrected chi connectivity index (χ1v) is 8.77. The first kappa shape index (κ1) is 17.4. The number of aliphatic hydroxyl groups excluding tert-OH is 1. The second-order valence-electron chi connectivity index (χ2n) is 6.42. The van der Waals surface area contributed by atoms with E-state index in [2.05, 4.69) is 58.4 Å². The summed E-state index contributed by atoms with van der Waals surface area (Å²) in [7, 11) is 0. The average molecular weight is 339 g/mol. The zero-order chi connectivity index (χ0) is 17.6. The van der Waals surface area contributed by atoms with Crippen molar-refractivity contribution < 1.29 is 5.11 Å². The monoisotopic (exact) mass is 339 g/mol. The number of benzene rings is 1. The van der Waals surface area contributed by atoms with Crippen LogP contribution in [-0.4, -0.2) is 31.2 Å². The van der Waals surface area contributed by atoms with Gasteiger partial charge in [0, 0.05) is 19.7 Å². The van der Waals surface area contributed by atoms with Gasteiger partial charge in [-0.1, -0.05) is 43.2 Å². The van der Waals surface area contributed by atoms with E-state index in [-0.39, 0.29) is 6.61 Å². The molecule has 2 aromatic heterocycles. The first-order chi connectivity index (χ1) is 12.2. The fourth-order valence-electron chi connectivity index (χ4n) is 2.93. The van der Waals surface area contributed by atoms with E-state index in [1.165, 1.54) is 11.1 Å². The van der Waals surface area contributed by atoms with Crippen LogP contribution in [0.5, 0.6) is 0 Å². The van der Waals surface area contributed by atoms with E-state index >= 15 is 0 Å². The molecule has 0 saturated heterocycles. The molecule has 1 aromatic carbocycles. The molecule has 1 unspecified atom stereocenters. The third-order valence-electron chi connectivity index (χ3n) is 4.56. The smallest absolute Gasteiger partial charge is 0.165 e. The molecule has 0 aliphatic rings. The maximum Gasteiger partial charge on any atom is 0.165 e. The number of aliphatic hydroxyl groups is 1. The molecular formula is C19H25N5O. The molecule has 3 aromatic rings. The van der Waals surface area contributed by atoms with Gasteiger partial charge in [-0.3, -0.25) is 0 Å². The summed E-state index contributed by atoms with van der Waals surface area (Å²) in [5, 5.41) is 12.7. The van der Waals surface area contributed by atoms with E-state index in [1.807, 2.05) is 4.57 Å². The maximum absolute atomic E-state index is 9.35. The standard InChI is InChI=1S/C19H25N5O/c1-3-15(11-25)7-8-24-13-23-17-18(21-12-22-19(17)24)20-10-16-6-4-5-14(2)9-16/h4-6,9,12-13,15,25H,3,7-8,10-11H2,1-2H3,(H,20,21,22). The highest BCUT2D eigenvalue weighted by Gasteiger charge is 2.11. The highest BCUT2D eigenvalue weighted by atomic mass is 16.3. The summed E-state index contributed by atoms with van der Waals surface area (Å²) >= 11 is 0. The van der Waals surface area contributed by atoms with Crippen LogP contribution in [0.15, 0.2) is 36.9 Å². The van der Waals surface area contributed by atoms with E-state index in [1.54, 1.807) is 12.7 Å². The van der Waals surface area contributed by atoms with Crippen LogP contribution >= 0.6 is 0 Å². The number of anilines is 1. The van der Waals surface area contributed by atoms with Crippen molar-refractivity contribution in [2.75, 3.05) is 11.9 Å². The highest BCUT2D eigenvalue weighted by Crippen LogP contribution is 2.19. The van der Waals surface area contributed by atoms with Crippen LogP contribution in [0, 0.1) is 12.8 Å². The molecule has 2 N–H and O–H groups in total. The molecule has 132 valence electrons. The molecule has 0 amide bonds. The maximum atomic E-state index is 9.35. The average Bonchev–Trinajstić information content (AvgIpc) is 3.05. The van der Waals surface area contributed by atoms with Crippen LogP contribution in [0.1, 0.15) is 30.9 Å². The molecule has 0 spiro atoms. The number of rotatable bonds is 8. The van der Waals surface area contributed by atoms with Crippen LogP contribution in [-0.2, 0) is 13.1 Å². The number of hydrogen-bond donors (Lipinski definition) is 2. The van der Waals surface area contributed by atoms with Crippen LogP contribution in [0.25, 0.3) is 11.2 Å². The lowest BCUT2D eigenvalue weighted by Crippen LogP contribution is -2.09. The topological polar surface area (TPSA) is 75.9 Å². The van der Waals surface area contributed by atoms with Gasteiger partial charge in [0.05, 0.1) is 6.33 Å². The zero-order valence-corrected chi connectivity index (χ0v) is 14.8. The van der Waals surface area contributed by atoms with Crippen molar-refractivity contribution in [1.29, 1.82) is 0 Å². The van der Waals surface area contributed by atoms with Crippen molar-refractivity contribution in [2.45, 2.75) is 39.8 Å². The fourth-order valence-corrected chi connectivity index (χ4v) is 2.93. The molecule has 6 nitrogen and oxygen atoms in total. The Balaban J connectivity index is 1.74. The number of nitrogens with zero attached hydrogens (tertiary/aromatic N) is 4. The van der Waals surface area contributed by atoms with Crippen LogP contribution < -0.4 is 5.32 Å². The number of nitrogens with one attached hydrogen (secondary N) is 1. The second-order valence-corrected chi connectivity index (χ2v) is 6.42. The zero-order valence-electron chi connectivity index (χ0n) is 14.8. The summed E-state index contributed by atoms with van der Waals surface area (Å²) in [6.07, 6.45) is 5.26. The minimum Gasteiger partial charge on any atom is -0.396 e. The molecule has 0 saturated carbocycles. The van der Waals surface area contributed by atoms with E-state index < -0.39 is 0 Å². The Morgan fingerprint density at radius 3 is 2.88 bits per heavy atom. The number of imidazole rings is 1. The molecule has 0 fully saturated rings. The summed E-state index contributed by atoms with van der Waals surface area (Å²) < 4.78 is 2.03. The lowest BCUT2D eigenvalue weighted by atomic mass is 10.0. The van der Waals surface area contributed by atoms with E-state index in [9.17, 15) is 5.11 Å². The Hall–Kier alpha value is -2.47. The molecule has 0 aliphatic carbocycles. The largest absolute Gasteiger partial charge is 0.396 e. The number of aromatic nitrogens is 4. The van der Waals surface area contributed by atoms with E-state index in [0.717, 1.165) is 36.4 Å². The van der Waals surface area contributed by atoms with Gasteiger partial charge in [-0.25, -0.2) is 15.0 Å². The van der Waals surface area contributed by atoms with Crippen molar-refractivity contribution in [1.82, 2.24) is 19.5 Å². The lowest BCUT2D eigenvalue weighted by molar-refractivity contribution is 0.210. The Kier molecular flexibility index (Phi) is 5.60. The third-order valence-corrected chi connectivity index (χ3v) is 4.56. The normalized spacial score (nSPS) is 12.4. The van der Waals surface area contributed by atoms with Crippen molar-refractivity contribution in [2.24, 2.45) is 5.92 Å². The SMILES string of the molecule is CCC(CO)CCn1cnc2c(NCc3cccc(C)c3)ncnc21. The lowest BCUT2D eigenvalue weighted by Gasteiger charge is -2.12. The minimum atomic E-state index is 0.224. The molecule has 0 bridgehead atoms. The van der Waals surface area contributed by atoms with Gasteiger partial charge in [-0.2, -0.15) is 0 Å². The second kappa shape index (κ2) is 8.07. The molecule has 25 heavy (non-hydrogen) atoms. The summed E-state index contributed by atoms with van der Waals surface area (Å²) in [5.74, 6) is 1.07. The van der Waals surface area contributed by atoms with Gasteiger partial charge in [0.1, 0.15) is 11.8 Å². The number of fused-ring (bicyclic) bond motifs is 1. The van der Waals surface area contributed by atoms with E-state index in [0.29, 0.717) is 12.5 Å². The van der Waals surface area contributed by atoms with Gasteiger partial charge in [-0.05, 0) is 24.8 Å². The summed E-state index contributed by atoms with van der Waals surface area (Å²) in [5.41, 5.74) is 4.06. The number of hydrogen-bond acceptors (Lipinski definition) is 5. The van der Waals surface area contributed by atoms with Crippen LogP contribution in [0.4, 0.5) is 5.82 Å². The van der Waals surface area contributed by atoms with Crippen LogP contribution in [0.3, 0.4) is 0 Å². The minimum absolute atomic E-state index is 0.224. The predicted octanol–water partition coefficient (Wildman–Crippen LogP) is 3.16. The quantitative estimate of drug-likeness (QED) is 0.659. The third kappa shape index (κ3) is 4.14. The van der Waals surface area contributed by atoms with Crippen molar-refractivity contribution in [3.8, 4) is 0 Å². The van der Waals surface area contributed by atoms with Gasteiger partial charge < -0.3 is 15.0 Å². The van der Waals surface area contributed by atoms with E-state index in [4.69, 9.17) is 0 Å². The molecule has 1 atom stereocenters. The molecule has 0 radical (unpaired) electrons. The van der Waals surface area contributed by atoms with Crippen molar-refractivity contribution >= 4 is 17.0 Å². The molecular weight excluding hydrogens is 314 g/mol. The fraction of sp³-hybridized carbons (Fsp3) is 0.421. The van der Waals surface area contributed by atoms with Crippen molar-refractivity contribution in [3.05, 3.63) is 48.0 Å².